The smallest absolute Gasteiger partial charge is 0.262 e. The minimum absolute atomic E-state index is 0.0821. The summed E-state index contributed by atoms with van der Waals surface area (Å²) >= 11 is 10.9. The highest BCUT2D eigenvalue weighted by Gasteiger charge is 2.43. The predicted molar refractivity (Wildman–Crippen MR) is 76.1 cm³/mol. The second-order valence-electron chi connectivity index (χ2n) is 4.51. The zero-order valence-electron chi connectivity index (χ0n) is 10.8. The fourth-order valence-electron chi connectivity index (χ4n) is 2.13. The molecule has 2 amide bonds. The Morgan fingerprint density at radius 1 is 1.14 bits per heavy atom. The summed E-state index contributed by atoms with van der Waals surface area (Å²) in [5.41, 5.74) is 0.242. The largest absolute Gasteiger partial charge is 0.298 e. The van der Waals surface area contributed by atoms with Gasteiger partial charge in [0.25, 0.3) is 5.91 Å². The molecule has 1 atom stereocenters. The molecule has 1 saturated heterocycles. The van der Waals surface area contributed by atoms with Crippen LogP contribution in [0.5, 0.6) is 0 Å². The number of amides is 2. The van der Waals surface area contributed by atoms with E-state index < -0.39 is 34.1 Å². The van der Waals surface area contributed by atoms with Crippen LogP contribution in [-0.4, -0.2) is 39.7 Å². The number of carbonyl (C=O) groups excluding carboxylic acids is 4. The maximum atomic E-state index is 12.3. The zero-order chi connectivity index (χ0) is 15.6. The Balaban J connectivity index is 2.29. The molecule has 1 aromatic rings. The molecular formula is C14H11Cl2NO4. The fraction of sp³-hybridized carbons (Fsp3) is 0.286. The van der Waals surface area contributed by atoms with Crippen molar-refractivity contribution in [1.82, 2.24) is 4.90 Å². The molecule has 0 N–H and O–H groups in total. The number of benzene rings is 1. The third-order valence-corrected chi connectivity index (χ3v) is 3.56. The van der Waals surface area contributed by atoms with E-state index in [2.05, 4.69) is 0 Å². The summed E-state index contributed by atoms with van der Waals surface area (Å²) < 4.78 is 0. The topological polar surface area (TPSA) is 71.5 Å². The quantitative estimate of drug-likeness (QED) is 0.480. The number of hydrogen-bond acceptors (Lipinski definition) is 4. The molecule has 0 saturated carbocycles. The summed E-state index contributed by atoms with van der Waals surface area (Å²) in [5, 5.41) is 0. The molecule has 110 valence electrons. The summed E-state index contributed by atoms with van der Waals surface area (Å²) in [7, 11) is 0. The van der Waals surface area contributed by atoms with Crippen molar-refractivity contribution in [2.24, 2.45) is 5.92 Å². The van der Waals surface area contributed by atoms with Crippen LogP contribution in [0.1, 0.15) is 16.8 Å². The Bertz CT molecular complexity index is 600. The molecule has 0 spiro atoms. The number of imide groups is 1. The van der Waals surface area contributed by atoms with E-state index in [4.69, 9.17) is 23.2 Å². The van der Waals surface area contributed by atoms with Gasteiger partial charge in [-0.2, -0.15) is 0 Å². The van der Waals surface area contributed by atoms with Crippen LogP contribution in [0.3, 0.4) is 0 Å². The lowest BCUT2D eigenvalue weighted by molar-refractivity contribution is -0.150. The fourth-order valence-corrected chi connectivity index (χ4v) is 2.37. The monoisotopic (exact) mass is 327 g/mol. The van der Waals surface area contributed by atoms with Gasteiger partial charge >= 0.3 is 0 Å². The lowest BCUT2D eigenvalue weighted by Gasteiger charge is -2.29. The molecule has 1 aromatic carbocycles. The van der Waals surface area contributed by atoms with Crippen LogP contribution in [0, 0.1) is 5.92 Å². The molecule has 0 aliphatic carbocycles. The molecular weight excluding hydrogens is 317 g/mol. The first kappa shape index (κ1) is 15.7. The normalized spacial score (nSPS) is 19.0. The minimum Gasteiger partial charge on any atom is -0.298 e. The number of Topliss-reactive ketones (excluding diaryl/α,β-unsaturated/α-hetero) is 2. The van der Waals surface area contributed by atoms with E-state index in [0.717, 1.165) is 4.90 Å². The maximum Gasteiger partial charge on any atom is 0.262 e. The summed E-state index contributed by atoms with van der Waals surface area (Å²) in [6.07, 6.45) is -0.0821. The molecule has 5 nitrogen and oxygen atoms in total. The number of piperidine rings is 1. The average molecular weight is 328 g/mol. The van der Waals surface area contributed by atoms with Gasteiger partial charge in [0.15, 0.2) is 22.3 Å². The number of ketones is 2. The van der Waals surface area contributed by atoms with Crippen molar-refractivity contribution in [1.29, 1.82) is 0 Å². The van der Waals surface area contributed by atoms with Gasteiger partial charge in [0.1, 0.15) is 0 Å². The number of alkyl halides is 2. The third kappa shape index (κ3) is 3.14. The van der Waals surface area contributed by atoms with Gasteiger partial charge in [-0.05, 0) is 0 Å². The molecule has 1 aliphatic rings. The number of carbonyl (C=O) groups is 4. The molecule has 1 unspecified atom stereocenters. The summed E-state index contributed by atoms with van der Waals surface area (Å²) in [5.74, 6) is -4.31. The van der Waals surface area contributed by atoms with Crippen LogP contribution < -0.4 is 0 Å². The first-order valence-electron chi connectivity index (χ1n) is 6.19. The standard InChI is InChI=1S/C14H11Cl2NO4/c15-12(16)14(21)17-7-6-9(18)10(13(17)20)11(19)8-4-2-1-3-5-8/h1-5,10,12H,6-7H2. The number of hydrogen-bond donors (Lipinski definition) is 0. The van der Waals surface area contributed by atoms with E-state index in [1.165, 1.54) is 12.1 Å². The second kappa shape index (κ2) is 6.37. The molecule has 2 rings (SSSR count). The van der Waals surface area contributed by atoms with Crippen molar-refractivity contribution in [3.05, 3.63) is 35.9 Å². The Kier molecular flexibility index (Phi) is 4.75. The highest BCUT2D eigenvalue weighted by atomic mass is 35.5. The van der Waals surface area contributed by atoms with Gasteiger partial charge in [0.05, 0.1) is 0 Å². The number of nitrogens with zero attached hydrogens (tertiary/aromatic N) is 1. The lowest BCUT2D eigenvalue weighted by atomic mass is 9.88. The maximum absolute atomic E-state index is 12.3. The van der Waals surface area contributed by atoms with Crippen molar-refractivity contribution in [3.8, 4) is 0 Å². The molecule has 0 radical (unpaired) electrons. The van der Waals surface area contributed by atoms with Gasteiger partial charge in [-0.15, -0.1) is 0 Å². The van der Waals surface area contributed by atoms with Crippen LogP contribution in [-0.2, 0) is 14.4 Å². The minimum atomic E-state index is -1.50. The van der Waals surface area contributed by atoms with Crippen molar-refractivity contribution in [2.75, 3.05) is 6.54 Å². The average Bonchev–Trinajstić information content (AvgIpc) is 2.47. The third-order valence-electron chi connectivity index (χ3n) is 3.19. The van der Waals surface area contributed by atoms with Crippen LogP contribution in [0.4, 0.5) is 0 Å². The molecule has 1 aliphatic heterocycles. The van der Waals surface area contributed by atoms with Gasteiger partial charge in [0.2, 0.25) is 5.91 Å². The van der Waals surface area contributed by atoms with E-state index in [9.17, 15) is 19.2 Å². The first-order chi connectivity index (χ1) is 9.93. The Morgan fingerprint density at radius 2 is 1.76 bits per heavy atom. The van der Waals surface area contributed by atoms with E-state index >= 15 is 0 Å². The second-order valence-corrected chi connectivity index (χ2v) is 5.60. The number of halogens is 2. The highest BCUT2D eigenvalue weighted by Crippen LogP contribution is 2.22. The van der Waals surface area contributed by atoms with Gasteiger partial charge in [-0.25, -0.2) is 0 Å². The highest BCUT2D eigenvalue weighted by molar-refractivity contribution is 6.54. The molecule has 1 fully saturated rings. The van der Waals surface area contributed by atoms with Gasteiger partial charge in [0, 0.05) is 18.5 Å². The molecule has 21 heavy (non-hydrogen) atoms. The van der Waals surface area contributed by atoms with Crippen LogP contribution in [0.2, 0.25) is 0 Å². The first-order valence-corrected chi connectivity index (χ1v) is 7.06. The van der Waals surface area contributed by atoms with Gasteiger partial charge in [-0.1, -0.05) is 53.5 Å². The predicted octanol–water partition coefficient (Wildman–Crippen LogP) is 1.62. The van der Waals surface area contributed by atoms with E-state index in [1.807, 2.05) is 0 Å². The van der Waals surface area contributed by atoms with Crippen molar-refractivity contribution in [3.63, 3.8) is 0 Å². The Hall–Kier alpha value is -1.72. The van der Waals surface area contributed by atoms with Crippen molar-refractivity contribution in [2.45, 2.75) is 11.3 Å². The Morgan fingerprint density at radius 3 is 2.33 bits per heavy atom. The molecule has 1 heterocycles. The van der Waals surface area contributed by atoms with E-state index in [0.29, 0.717) is 0 Å². The number of likely N-dealkylation sites (tertiary alicyclic amines) is 1. The summed E-state index contributed by atoms with van der Waals surface area (Å²) in [6, 6.07) is 7.98. The summed E-state index contributed by atoms with van der Waals surface area (Å²) in [4.78, 5) is 47.6. The SMILES string of the molecule is O=C1CCN(C(=O)C(Cl)Cl)C(=O)C1C(=O)c1ccccc1. The van der Waals surface area contributed by atoms with E-state index in [1.54, 1.807) is 18.2 Å². The van der Waals surface area contributed by atoms with Crippen molar-refractivity contribution < 1.29 is 19.2 Å². The van der Waals surface area contributed by atoms with E-state index in [-0.39, 0.29) is 18.5 Å². The summed E-state index contributed by atoms with van der Waals surface area (Å²) in [6.45, 7) is -0.106. The van der Waals surface area contributed by atoms with Gasteiger partial charge < -0.3 is 0 Å². The lowest BCUT2D eigenvalue weighted by Crippen LogP contribution is -2.52. The number of rotatable bonds is 3. The molecule has 0 aromatic heterocycles. The van der Waals surface area contributed by atoms with Crippen LogP contribution in [0.25, 0.3) is 0 Å². The van der Waals surface area contributed by atoms with Gasteiger partial charge in [-0.3, -0.25) is 24.1 Å². The Labute approximate surface area is 130 Å². The molecule has 7 heteroatoms. The van der Waals surface area contributed by atoms with Crippen LogP contribution >= 0.6 is 23.2 Å². The molecule has 0 bridgehead atoms. The van der Waals surface area contributed by atoms with Crippen LogP contribution in [0.15, 0.2) is 30.3 Å². The zero-order valence-corrected chi connectivity index (χ0v) is 12.3. The van der Waals surface area contributed by atoms with Crippen molar-refractivity contribution >= 4 is 46.6 Å².